The number of aryl methyl sites for hydroxylation is 1. The van der Waals surface area contributed by atoms with Crippen molar-refractivity contribution in [2.45, 2.75) is 13.5 Å². The molecule has 1 aromatic carbocycles. The first-order valence-electron chi connectivity index (χ1n) is 4.89. The van der Waals surface area contributed by atoms with Crippen LogP contribution in [0, 0.1) is 16.3 Å². The van der Waals surface area contributed by atoms with Crippen molar-refractivity contribution >= 4 is 39.6 Å². The van der Waals surface area contributed by atoms with Gasteiger partial charge < -0.3 is 5.32 Å². The molecule has 1 N–H and O–H groups in total. The molecule has 0 bridgehead atoms. The van der Waals surface area contributed by atoms with Crippen molar-refractivity contribution in [1.82, 2.24) is 0 Å². The number of anilines is 1. The molecule has 0 fully saturated rings. The molecule has 4 heteroatoms. The highest BCUT2D eigenvalue weighted by Gasteiger charge is 2.02. The molecule has 1 aromatic heterocycles. The van der Waals surface area contributed by atoms with Crippen molar-refractivity contribution in [3.8, 4) is 0 Å². The lowest BCUT2D eigenvalue weighted by Crippen LogP contribution is -1.99. The Kier molecular flexibility index (Phi) is 3.81. The Morgan fingerprint density at radius 1 is 1.31 bits per heavy atom. The minimum Gasteiger partial charge on any atom is -0.379 e. The van der Waals surface area contributed by atoms with E-state index in [1.165, 1.54) is 21.9 Å². The molecule has 0 aliphatic carbocycles. The minimum absolute atomic E-state index is 0.193. The number of thiophene rings is 1. The average molecular weight is 347 g/mol. The molecule has 0 radical (unpaired) electrons. The van der Waals surface area contributed by atoms with Crippen LogP contribution in [0.15, 0.2) is 30.3 Å². The Hall–Kier alpha value is -0.620. The second-order valence-electron chi connectivity index (χ2n) is 3.49. The van der Waals surface area contributed by atoms with Crippen LogP contribution < -0.4 is 5.32 Å². The molecular formula is C12H11FINS. The first-order valence-corrected chi connectivity index (χ1v) is 6.79. The van der Waals surface area contributed by atoms with E-state index in [1.54, 1.807) is 17.4 Å². The Balaban J connectivity index is 2.04. The first-order chi connectivity index (χ1) is 7.65. The van der Waals surface area contributed by atoms with E-state index in [2.05, 4.69) is 47.0 Å². The highest BCUT2D eigenvalue weighted by Crippen LogP contribution is 2.21. The van der Waals surface area contributed by atoms with Crippen LogP contribution in [-0.4, -0.2) is 0 Å². The van der Waals surface area contributed by atoms with Crippen molar-refractivity contribution in [2.24, 2.45) is 0 Å². The van der Waals surface area contributed by atoms with Crippen LogP contribution in [0.2, 0.25) is 0 Å². The van der Waals surface area contributed by atoms with Crippen molar-refractivity contribution in [2.75, 3.05) is 5.32 Å². The SMILES string of the molecule is Cc1ccc(CNc2ccc(F)cc2I)s1. The quantitative estimate of drug-likeness (QED) is 0.811. The van der Waals surface area contributed by atoms with Gasteiger partial charge in [0.1, 0.15) is 5.82 Å². The van der Waals surface area contributed by atoms with Crippen LogP contribution in [0.4, 0.5) is 10.1 Å². The zero-order valence-corrected chi connectivity index (χ0v) is 11.7. The molecule has 0 amide bonds. The van der Waals surface area contributed by atoms with Gasteiger partial charge in [-0.05, 0) is 59.8 Å². The normalized spacial score (nSPS) is 10.4. The number of hydrogen-bond acceptors (Lipinski definition) is 2. The zero-order valence-electron chi connectivity index (χ0n) is 8.76. The van der Waals surface area contributed by atoms with Gasteiger partial charge in [0.2, 0.25) is 0 Å². The van der Waals surface area contributed by atoms with E-state index in [4.69, 9.17) is 0 Å². The molecule has 2 rings (SSSR count). The highest BCUT2D eigenvalue weighted by molar-refractivity contribution is 14.1. The number of nitrogens with one attached hydrogen (secondary N) is 1. The molecule has 0 saturated heterocycles. The Labute approximate surface area is 112 Å². The molecular weight excluding hydrogens is 336 g/mol. The predicted octanol–water partition coefficient (Wildman–Crippen LogP) is 4.41. The van der Waals surface area contributed by atoms with E-state index in [0.717, 1.165) is 15.8 Å². The fourth-order valence-corrected chi connectivity index (χ4v) is 2.89. The zero-order chi connectivity index (χ0) is 11.5. The summed E-state index contributed by atoms with van der Waals surface area (Å²) < 4.78 is 13.8. The maximum absolute atomic E-state index is 12.9. The van der Waals surface area contributed by atoms with Gasteiger partial charge in [-0.3, -0.25) is 0 Å². The molecule has 1 heterocycles. The molecule has 84 valence electrons. The van der Waals surface area contributed by atoms with Crippen LogP contribution in [-0.2, 0) is 6.54 Å². The first kappa shape index (κ1) is 11.9. The summed E-state index contributed by atoms with van der Waals surface area (Å²) in [5.74, 6) is -0.193. The Morgan fingerprint density at radius 2 is 2.12 bits per heavy atom. The van der Waals surface area contributed by atoms with Crippen molar-refractivity contribution < 1.29 is 4.39 Å². The van der Waals surface area contributed by atoms with Gasteiger partial charge in [0, 0.05) is 25.6 Å². The Morgan fingerprint density at radius 3 is 2.75 bits per heavy atom. The van der Waals surface area contributed by atoms with Crippen LogP contribution >= 0.6 is 33.9 Å². The summed E-state index contributed by atoms with van der Waals surface area (Å²) >= 11 is 3.91. The third kappa shape index (κ3) is 2.95. The second kappa shape index (κ2) is 5.14. The van der Waals surface area contributed by atoms with E-state index in [9.17, 15) is 4.39 Å². The Bertz CT molecular complexity index is 496. The van der Waals surface area contributed by atoms with Gasteiger partial charge in [0.15, 0.2) is 0 Å². The standard InChI is InChI=1S/C12H11FINS/c1-8-2-4-10(16-8)7-15-12-5-3-9(13)6-11(12)14/h2-6,15H,7H2,1H3. The van der Waals surface area contributed by atoms with Crippen molar-refractivity contribution in [1.29, 1.82) is 0 Å². The molecule has 2 aromatic rings. The molecule has 1 nitrogen and oxygen atoms in total. The van der Waals surface area contributed by atoms with Gasteiger partial charge in [-0.15, -0.1) is 11.3 Å². The second-order valence-corrected chi connectivity index (χ2v) is 6.02. The van der Waals surface area contributed by atoms with Crippen molar-refractivity contribution in [3.63, 3.8) is 0 Å². The maximum atomic E-state index is 12.9. The van der Waals surface area contributed by atoms with Gasteiger partial charge >= 0.3 is 0 Å². The maximum Gasteiger partial charge on any atom is 0.124 e. The van der Waals surface area contributed by atoms with Crippen LogP contribution in [0.3, 0.4) is 0 Å². The fraction of sp³-hybridized carbons (Fsp3) is 0.167. The summed E-state index contributed by atoms with van der Waals surface area (Å²) in [6.07, 6.45) is 0. The molecule has 0 aliphatic rings. The monoisotopic (exact) mass is 347 g/mol. The molecule has 16 heavy (non-hydrogen) atoms. The van der Waals surface area contributed by atoms with Gasteiger partial charge in [-0.25, -0.2) is 4.39 Å². The largest absolute Gasteiger partial charge is 0.379 e. The number of halogens is 2. The van der Waals surface area contributed by atoms with E-state index in [-0.39, 0.29) is 5.82 Å². The molecule has 0 spiro atoms. The van der Waals surface area contributed by atoms with E-state index >= 15 is 0 Å². The van der Waals surface area contributed by atoms with Crippen LogP contribution in [0.1, 0.15) is 9.75 Å². The summed E-state index contributed by atoms with van der Waals surface area (Å²) in [5.41, 5.74) is 0.980. The summed E-state index contributed by atoms with van der Waals surface area (Å²) in [4.78, 5) is 2.60. The van der Waals surface area contributed by atoms with Gasteiger partial charge in [0.25, 0.3) is 0 Å². The van der Waals surface area contributed by atoms with Crippen molar-refractivity contribution in [3.05, 3.63) is 49.5 Å². The van der Waals surface area contributed by atoms with Gasteiger partial charge in [-0.2, -0.15) is 0 Å². The molecule has 0 aliphatic heterocycles. The van der Waals surface area contributed by atoms with E-state index in [0.29, 0.717) is 0 Å². The lowest BCUT2D eigenvalue weighted by atomic mass is 10.3. The fourth-order valence-electron chi connectivity index (χ4n) is 1.40. The van der Waals surface area contributed by atoms with Crippen LogP contribution in [0.25, 0.3) is 0 Å². The summed E-state index contributed by atoms with van der Waals surface area (Å²) in [6.45, 7) is 2.88. The smallest absolute Gasteiger partial charge is 0.124 e. The third-order valence-corrected chi connectivity index (χ3v) is 4.07. The number of hydrogen-bond donors (Lipinski definition) is 1. The van der Waals surface area contributed by atoms with Gasteiger partial charge in [0.05, 0.1) is 0 Å². The van der Waals surface area contributed by atoms with Crippen LogP contribution in [0.5, 0.6) is 0 Å². The number of rotatable bonds is 3. The molecule has 0 atom stereocenters. The highest BCUT2D eigenvalue weighted by atomic mass is 127. The van der Waals surface area contributed by atoms with E-state index < -0.39 is 0 Å². The topological polar surface area (TPSA) is 12.0 Å². The lowest BCUT2D eigenvalue weighted by molar-refractivity contribution is 0.627. The number of benzene rings is 1. The average Bonchev–Trinajstić information content (AvgIpc) is 2.63. The molecule has 0 unspecified atom stereocenters. The molecule has 0 saturated carbocycles. The predicted molar refractivity (Wildman–Crippen MR) is 75.5 cm³/mol. The summed E-state index contributed by atoms with van der Waals surface area (Å²) in [7, 11) is 0. The minimum atomic E-state index is -0.193. The van der Waals surface area contributed by atoms with E-state index in [1.807, 2.05) is 0 Å². The third-order valence-electron chi connectivity index (χ3n) is 2.18. The van der Waals surface area contributed by atoms with Gasteiger partial charge in [-0.1, -0.05) is 0 Å². The lowest BCUT2D eigenvalue weighted by Gasteiger charge is -2.07. The summed E-state index contributed by atoms with van der Waals surface area (Å²) in [5, 5.41) is 3.31. The summed E-state index contributed by atoms with van der Waals surface area (Å²) in [6, 6.07) is 9.00.